The molecule has 0 aliphatic heterocycles. The smallest absolute Gasteiger partial charge is 0.323 e. The van der Waals surface area contributed by atoms with Gasteiger partial charge >= 0.3 is 6.01 Å². The minimum absolute atomic E-state index is 0.00305. The lowest BCUT2D eigenvalue weighted by Gasteiger charge is -2.04. The minimum atomic E-state index is -0.537. The van der Waals surface area contributed by atoms with Crippen molar-refractivity contribution in [1.29, 1.82) is 5.26 Å². The third-order valence-electron chi connectivity index (χ3n) is 1.84. The monoisotopic (exact) mass is 293 g/mol. The molecule has 1 aromatic heterocycles. The van der Waals surface area contributed by atoms with Crippen LogP contribution in [0.2, 0.25) is 0 Å². The summed E-state index contributed by atoms with van der Waals surface area (Å²) in [5.74, 6) is -0.534. The Morgan fingerprint density at radius 3 is 2.88 bits per heavy atom. The van der Waals surface area contributed by atoms with Crippen LogP contribution in [0.4, 0.5) is 4.39 Å². The van der Waals surface area contributed by atoms with Gasteiger partial charge in [-0.05, 0) is 24.3 Å². The number of nitriles is 1. The van der Waals surface area contributed by atoms with E-state index in [1.54, 1.807) is 6.07 Å². The SMILES string of the molecule is N#Cc1ccnc(Oc2ccc(Br)cc2F)n1. The summed E-state index contributed by atoms with van der Waals surface area (Å²) in [5, 5.41) is 8.64. The van der Waals surface area contributed by atoms with Crippen molar-refractivity contribution in [2.75, 3.05) is 0 Å². The van der Waals surface area contributed by atoms with E-state index in [4.69, 9.17) is 10.00 Å². The Hall–Kier alpha value is -2.00. The Balaban J connectivity index is 2.28. The third-order valence-corrected chi connectivity index (χ3v) is 2.34. The van der Waals surface area contributed by atoms with Crippen LogP contribution in [-0.2, 0) is 0 Å². The molecule has 0 bridgehead atoms. The second-order valence-corrected chi connectivity index (χ2v) is 3.93. The molecule has 17 heavy (non-hydrogen) atoms. The lowest BCUT2D eigenvalue weighted by atomic mass is 10.3. The van der Waals surface area contributed by atoms with Crippen LogP contribution in [0.1, 0.15) is 5.69 Å². The largest absolute Gasteiger partial charge is 0.421 e. The van der Waals surface area contributed by atoms with Gasteiger partial charge in [-0.25, -0.2) is 9.37 Å². The third kappa shape index (κ3) is 2.77. The molecule has 0 saturated carbocycles. The molecule has 2 rings (SSSR count). The molecule has 1 aromatic carbocycles. The highest BCUT2D eigenvalue weighted by Crippen LogP contribution is 2.24. The summed E-state index contributed by atoms with van der Waals surface area (Å²) in [4.78, 5) is 7.56. The molecule has 1 heterocycles. The average molecular weight is 294 g/mol. The zero-order valence-electron chi connectivity index (χ0n) is 8.39. The van der Waals surface area contributed by atoms with Crippen LogP contribution in [0.15, 0.2) is 34.9 Å². The second kappa shape index (κ2) is 4.89. The van der Waals surface area contributed by atoms with Crippen LogP contribution in [-0.4, -0.2) is 9.97 Å². The fourth-order valence-corrected chi connectivity index (χ4v) is 1.44. The summed E-state index contributed by atoms with van der Waals surface area (Å²) in [5.41, 5.74) is 0.160. The first-order valence-corrected chi connectivity index (χ1v) is 5.34. The van der Waals surface area contributed by atoms with Gasteiger partial charge in [0.05, 0.1) is 0 Å². The quantitative estimate of drug-likeness (QED) is 0.854. The van der Waals surface area contributed by atoms with E-state index in [9.17, 15) is 4.39 Å². The fraction of sp³-hybridized carbons (Fsp3) is 0. The van der Waals surface area contributed by atoms with Crippen molar-refractivity contribution in [2.45, 2.75) is 0 Å². The van der Waals surface area contributed by atoms with Crippen molar-refractivity contribution in [3.05, 3.63) is 46.4 Å². The summed E-state index contributed by atoms with van der Waals surface area (Å²) < 4.78 is 19.2. The lowest BCUT2D eigenvalue weighted by molar-refractivity contribution is 0.410. The molecule has 4 nitrogen and oxygen atoms in total. The van der Waals surface area contributed by atoms with Gasteiger partial charge in [-0.2, -0.15) is 10.2 Å². The molecule has 0 N–H and O–H groups in total. The molecule has 84 valence electrons. The van der Waals surface area contributed by atoms with Gasteiger partial charge in [0.25, 0.3) is 0 Å². The molecule has 0 atom stereocenters. The maximum atomic E-state index is 13.4. The zero-order valence-corrected chi connectivity index (χ0v) is 9.98. The maximum Gasteiger partial charge on any atom is 0.323 e. The molecule has 0 amide bonds. The Labute approximate surface area is 105 Å². The van der Waals surface area contributed by atoms with Gasteiger partial charge in [0.15, 0.2) is 11.6 Å². The van der Waals surface area contributed by atoms with Crippen molar-refractivity contribution in [2.24, 2.45) is 0 Å². The highest BCUT2D eigenvalue weighted by atomic mass is 79.9. The number of rotatable bonds is 2. The van der Waals surface area contributed by atoms with Gasteiger partial charge in [-0.1, -0.05) is 15.9 Å². The first kappa shape index (κ1) is 11.5. The molecule has 0 fully saturated rings. The molecule has 0 spiro atoms. The summed E-state index contributed by atoms with van der Waals surface area (Å²) >= 11 is 3.13. The van der Waals surface area contributed by atoms with Gasteiger partial charge in [0, 0.05) is 10.7 Å². The predicted molar refractivity (Wildman–Crippen MR) is 60.9 cm³/mol. The molecule has 0 unspecified atom stereocenters. The average Bonchev–Trinajstić information content (AvgIpc) is 2.33. The number of benzene rings is 1. The molecule has 0 radical (unpaired) electrons. The molecule has 0 saturated heterocycles. The van der Waals surface area contributed by atoms with E-state index in [-0.39, 0.29) is 17.5 Å². The van der Waals surface area contributed by atoms with Crippen LogP contribution in [0.3, 0.4) is 0 Å². The lowest BCUT2D eigenvalue weighted by Crippen LogP contribution is -1.95. The van der Waals surface area contributed by atoms with Gasteiger partial charge in [0.2, 0.25) is 0 Å². The number of hydrogen-bond acceptors (Lipinski definition) is 4. The van der Waals surface area contributed by atoms with Crippen molar-refractivity contribution >= 4 is 15.9 Å². The van der Waals surface area contributed by atoms with Crippen LogP contribution in [0.5, 0.6) is 11.8 Å². The van der Waals surface area contributed by atoms with Crippen molar-refractivity contribution in [3.63, 3.8) is 0 Å². The van der Waals surface area contributed by atoms with E-state index < -0.39 is 5.82 Å². The molecule has 6 heteroatoms. The second-order valence-electron chi connectivity index (χ2n) is 3.01. The molecule has 2 aromatic rings. The van der Waals surface area contributed by atoms with E-state index in [1.807, 2.05) is 6.07 Å². The summed E-state index contributed by atoms with van der Waals surface area (Å²) in [6, 6.07) is 7.56. The van der Waals surface area contributed by atoms with E-state index in [0.29, 0.717) is 4.47 Å². The standard InChI is InChI=1S/C11H5BrFN3O/c12-7-1-2-10(9(13)5-7)17-11-15-4-3-8(6-14)16-11/h1-5H. The minimum Gasteiger partial charge on any atom is -0.421 e. The van der Waals surface area contributed by atoms with E-state index >= 15 is 0 Å². The number of hydrogen-bond donors (Lipinski definition) is 0. The molecular formula is C11H5BrFN3O. The Morgan fingerprint density at radius 1 is 1.35 bits per heavy atom. The zero-order chi connectivity index (χ0) is 12.3. The number of ether oxygens (including phenoxy) is 1. The summed E-state index contributed by atoms with van der Waals surface area (Å²) in [6.45, 7) is 0. The number of aromatic nitrogens is 2. The van der Waals surface area contributed by atoms with Gasteiger partial charge in [0.1, 0.15) is 11.8 Å². The van der Waals surface area contributed by atoms with Gasteiger partial charge in [-0.3, -0.25) is 0 Å². The highest BCUT2D eigenvalue weighted by Gasteiger charge is 2.07. The van der Waals surface area contributed by atoms with E-state index in [2.05, 4.69) is 25.9 Å². The summed E-state index contributed by atoms with van der Waals surface area (Å²) in [6.07, 6.45) is 1.37. The molecule has 0 aliphatic carbocycles. The van der Waals surface area contributed by atoms with Crippen LogP contribution >= 0.6 is 15.9 Å². The highest BCUT2D eigenvalue weighted by molar-refractivity contribution is 9.10. The van der Waals surface area contributed by atoms with Crippen molar-refractivity contribution in [1.82, 2.24) is 9.97 Å². The van der Waals surface area contributed by atoms with Gasteiger partial charge < -0.3 is 4.74 Å². The fourth-order valence-electron chi connectivity index (χ4n) is 1.11. The maximum absolute atomic E-state index is 13.4. The van der Waals surface area contributed by atoms with Gasteiger partial charge in [-0.15, -0.1) is 0 Å². The first-order valence-electron chi connectivity index (χ1n) is 4.55. The van der Waals surface area contributed by atoms with Crippen LogP contribution in [0, 0.1) is 17.1 Å². The normalized spacial score (nSPS) is 9.71. The molecular weight excluding hydrogens is 289 g/mol. The van der Waals surface area contributed by atoms with Crippen LogP contribution < -0.4 is 4.74 Å². The first-order chi connectivity index (χ1) is 8.19. The van der Waals surface area contributed by atoms with Crippen molar-refractivity contribution < 1.29 is 9.13 Å². The van der Waals surface area contributed by atoms with Crippen LogP contribution in [0.25, 0.3) is 0 Å². The van der Waals surface area contributed by atoms with E-state index in [0.717, 1.165) is 0 Å². The Morgan fingerprint density at radius 2 is 2.18 bits per heavy atom. The predicted octanol–water partition coefficient (Wildman–Crippen LogP) is 3.04. The Bertz CT molecular complexity index is 598. The topological polar surface area (TPSA) is 58.8 Å². The summed E-state index contributed by atoms with van der Waals surface area (Å²) in [7, 11) is 0. The molecule has 0 aliphatic rings. The van der Waals surface area contributed by atoms with E-state index in [1.165, 1.54) is 24.4 Å². The van der Waals surface area contributed by atoms with Crippen molar-refractivity contribution in [3.8, 4) is 17.8 Å². The number of nitrogens with zero attached hydrogens (tertiary/aromatic N) is 3. The number of halogens is 2. The Kier molecular flexibility index (Phi) is 3.30.